The van der Waals surface area contributed by atoms with Crippen LogP contribution in [0.5, 0.6) is 0 Å². The van der Waals surface area contributed by atoms with Crippen LogP contribution in [0.15, 0.2) is 54.7 Å². The van der Waals surface area contributed by atoms with Gasteiger partial charge in [0, 0.05) is 34.9 Å². The Morgan fingerprint density at radius 1 is 1.06 bits per heavy atom. The fourth-order valence-corrected chi connectivity index (χ4v) is 4.58. The van der Waals surface area contributed by atoms with E-state index >= 15 is 0 Å². The van der Waals surface area contributed by atoms with Crippen LogP contribution in [0, 0.1) is 35.9 Å². The molecule has 0 saturated heterocycles. The lowest BCUT2D eigenvalue weighted by Crippen LogP contribution is -2.26. The van der Waals surface area contributed by atoms with Gasteiger partial charge in [-0.25, -0.2) is 9.37 Å². The molecule has 0 aliphatic carbocycles. The molecule has 0 unspecified atom stereocenters. The maximum Gasteiger partial charge on any atom is 0.257 e. The van der Waals surface area contributed by atoms with Gasteiger partial charge in [0.15, 0.2) is 0 Å². The van der Waals surface area contributed by atoms with Crippen molar-refractivity contribution in [2.75, 3.05) is 11.4 Å². The number of anilines is 2. The van der Waals surface area contributed by atoms with Gasteiger partial charge >= 0.3 is 0 Å². The average molecular weight is 459 g/mol. The van der Waals surface area contributed by atoms with Crippen LogP contribution in [-0.2, 0) is 6.42 Å². The molecule has 0 N–H and O–H groups in total. The van der Waals surface area contributed by atoms with E-state index in [0.29, 0.717) is 28.5 Å². The van der Waals surface area contributed by atoms with Crippen LogP contribution in [0.25, 0.3) is 16.7 Å². The predicted molar refractivity (Wildman–Crippen MR) is 130 cm³/mol. The Morgan fingerprint density at radius 3 is 2.80 bits per heavy atom. The molecule has 7 nitrogen and oxygen atoms in total. The highest BCUT2D eigenvalue weighted by molar-refractivity contribution is 5.94. The van der Waals surface area contributed by atoms with E-state index in [9.17, 15) is 4.39 Å². The van der Waals surface area contributed by atoms with Crippen LogP contribution in [0.2, 0.25) is 0 Å². The van der Waals surface area contributed by atoms with Gasteiger partial charge in [-0.05, 0) is 67.8 Å². The zero-order valence-electron chi connectivity index (χ0n) is 18.8. The number of benzene rings is 2. The molecule has 5 aromatic rings. The Hall–Kier alpha value is -4.82. The first-order valence-electron chi connectivity index (χ1n) is 11.2. The summed E-state index contributed by atoms with van der Waals surface area (Å²) in [5.74, 6) is 7.94. The van der Waals surface area contributed by atoms with Gasteiger partial charge in [0.2, 0.25) is 0 Å². The standard InChI is InChI=1S/C27H18FN7/c1-17-32-33-27-31-26(23-14-20(28)10-12-25(23)35(17)27)34-13-3-5-22-19(4-2-6-24(22)34)9-7-18-8-11-21(15-29)30-16-18/h2,4,6,8,10-12,14,16H,3,5,13H2,1H3. The fraction of sp³-hybridized carbons (Fsp3) is 0.148. The van der Waals surface area contributed by atoms with Crippen LogP contribution in [0.4, 0.5) is 15.9 Å². The number of rotatable bonds is 1. The van der Waals surface area contributed by atoms with Gasteiger partial charge in [-0.2, -0.15) is 10.2 Å². The molecule has 168 valence electrons. The number of halogens is 1. The highest BCUT2D eigenvalue weighted by Crippen LogP contribution is 2.38. The Balaban J connectivity index is 1.49. The molecule has 0 atom stereocenters. The molecular formula is C27H18FN7. The van der Waals surface area contributed by atoms with Gasteiger partial charge in [-0.1, -0.05) is 17.9 Å². The highest BCUT2D eigenvalue weighted by atomic mass is 19.1. The minimum absolute atomic E-state index is 0.321. The average Bonchev–Trinajstić information content (AvgIpc) is 3.27. The molecule has 0 bridgehead atoms. The zero-order valence-corrected chi connectivity index (χ0v) is 18.8. The predicted octanol–water partition coefficient (Wildman–Crippen LogP) is 4.48. The van der Waals surface area contributed by atoms with Gasteiger partial charge < -0.3 is 4.90 Å². The summed E-state index contributed by atoms with van der Waals surface area (Å²) in [6.45, 7) is 2.60. The van der Waals surface area contributed by atoms with Crippen molar-refractivity contribution >= 4 is 28.2 Å². The Labute approximate surface area is 200 Å². The molecule has 0 radical (unpaired) electrons. The Kier molecular flexibility index (Phi) is 4.86. The molecule has 0 amide bonds. The van der Waals surface area contributed by atoms with E-state index in [0.717, 1.165) is 47.3 Å². The van der Waals surface area contributed by atoms with Gasteiger partial charge in [0.25, 0.3) is 5.78 Å². The number of hydrogen-bond donors (Lipinski definition) is 0. The molecule has 6 rings (SSSR count). The zero-order chi connectivity index (χ0) is 23.9. The summed E-state index contributed by atoms with van der Waals surface area (Å²) < 4.78 is 16.2. The van der Waals surface area contributed by atoms with E-state index in [-0.39, 0.29) is 5.82 Å². The second-order valence-electron chi connectivity index (χ2n) is 8.33. The van der Waals surface area contributed by atoms with Crippen molar-refractivity contribution in [3.63, 3.8) is 0 Å². The molecule has 2 aromatic carbocycles. The topological polar surface area (TPSA) is 83.0 Å². The maximum atomic E-state index is 14.4. The number of nitrogens with zero attached hydrogens (tertiary/aromatic N) is 7. The molecule has 0 spiro atoms. The van der Waals surface area contributed by atoms with Crippen molar-refractivity contribution in [1.29, 1.82) is 5.26 Å². The van der Waals surface area contributed by atoms with Crippen LogP contribution >= 0.6 is 0 Å². The van der Waals surface area contributed by atoms with Crippen LogP contribution < -0.4 is 4.90 Å². The summed E-state index contributed by atoms with van der Waals surface area (Å²) in [4.78, 5) is 11.0. The highest BCUT2D eigenvalue weighted by Gasteiger charge is 2.24. The van der Waals surface area contributed by atoms with Crippen molar-refractivity contribution in [2.45, 2.75) is 19.8 Å². The third-order valence-corrected chi connectivity index (χ3v) is 6.18. The van der Waals surface area contributed by atoms with Gasteiger partial charge in [-0.15, -0.1) is 10.2 Å². The molecule has 4 heterocycles. The molecule has 1 aliphatic heterocycles. The summed E-state index contributed by atoms with van der Waals surface area (Å²) in [5.41, 5.74) is 4.96. The molecule has 35 heavy (non-hydrogen) atoms. The quantitative estimate of drug-likeness (QED) is 0.344. The first-order chi connectivity index (χ1) is 17.1. The first kappa shape index (κ1) is 20.8. The summed E-state index contributed by atoms with van der Waals surface area (Å²) in [6, 6.07) is 16.2. The van der Waals surface area contributed by atoms with E-state index in [1.807, 2.05) is 29.5 Å². The number of aromatic nitrogens is 5. The minimum atomic E-state index is -0.321. The molecule has 0 saturated carbocycles. The Morgan fingerprint density at radius 2 is 1.97 bits per heavy atom. The molecule has 8 heteroatoms. The number of pyridine rings is 1. The minimum Gasteiger partial charge on any atom is -0.325 e. The monoisotopic (exact) mass is 459 g/mol. The lowest BCUT2D eigenvalue weighted by Gasteiger charge is -2.32. The molecular weight excluding hydrogens is 441 g/mol. The summed E-state index contributed by atoms with van der Waals surface area (Å²) in [6.07, 6.45) is 3.38. The van der Waals surface area contributed by atoms with Gasteiger partial charge in [-0.3, -0.25) is 4.40 Å². The van der Waals surface area contributed by atoms with Crippen molar-refractivity contribution in [3.8, 4) is 17.9 Å². The second kappa shape index (κ2) is 8.19. The van der Waals surface area contributed by atoms with E-state index in [1.165, 1.54) is 12.1 Å². The van der Waals surface area contributed by atoms with Crippen molar-refractivity contribution in [3.05, 3.63) is 88.8 Å². The van der Waals surface area contributed by atoms with Gasteiger partial charge in [0.1, 0.15) is 29.2 Å². The molecule has 0 fully saturated rings. The summed E-state index contributed by atoms with van der Waals surface area (Å²) in [5, 5.41) is 18.0. The summed E-state index contributed by atoms with van der Waals surface area (Å²) in [7, 11) is 0. The second-order valence-corrected chi connectivity index (χ2v) is 8.33. The SMILES string of the molecule is Cc1nnc2nc(N3CCCc4c(C#Cc5ccc(C#N)nc5)cccc43)c3cc(F)ccc3n12. The van der Waals surface area contributed by atoms with Crippen LogP contribution in [0.3, 0.4) is 0 Å². The maximum absolute atomic E-state index is 14.4. The third kappa shape index (κ3) is 3.53. The largest absolute Gasteiger partial charge is 0.325 e. The number of nitriles is 1. The number of fused-ring (bicyclic) bond motifs is 4. The lowest BCUT2D eigenvalue weighted by atomic mass is 9.96. The van der Waals surface area contributed by atoms with Crippen molar-refractivity contribution in [2.24, 2.45) is 0 Å². The number of hydrogen-bond acceptors (Lipinski definition) is 6. The smallest absolute Gasteiger partial charge is 0.257 e. The normalized spacial score (nSPS) is 12.8. The first-order valence-corrected chi connectivity index (χ1v) is 11.2. The molecule has 1 aliphatic rings. The van der Waals surface area contributed by atoms with Crippen LogP contribution in [0.1, 0.15) is 34.6 Å². The fourth-order valence-electron chi connectivity index (χ4n) is 4.58. The lowest BCUT2D eigenvalue weighted by molar-refractivity contribution is 0.629. The van der Waals surface area contributed by atoms with Crippen molar-refractivity contribution < 1.29 is 4.39 Å². The van der Waals surface area contributed by atoms with E-state index in [1.54, 1.807) is 24.4 Å². The van der Waals surface area contributed by atoms with E-state index in [4.69, 9.17) is 10.2 Å². The number of aryl methyl sites for hydroxylation is 1. The van der Waals surface area contributed by atoms with Gasteiger partial charge in [0.05, 0.1) is 5.52 Å². The molecule has 3 aromatic heterocycles. The Bertz CT molecular complexity index is 1720. The third-order valence-electron chi connectivity index (χ3n) is 6.18. The van der Waals surface area contributed by atoms with E-state index in [2.05, 4.69) is 38.0 Å². The summed E-state index contributed by atoms with van der Waals surface area (Å²) >= 11 is 0. The van der Waals surface area contributed by atoms with E-state index < -0.39 is 0 Å². The van der Waals surface area contributed by atoms with Crippen LogP contribution in [-0.4, -0.2) is 31.1 Å². The van der Waals surface area contributed by atoms with Crippen molar-refractivity contribution in [1.82, 2.24) is 24.6 Å².